The number of nitrogens with zero attached hydrogens (tertiary/aromatic N) is 3. The largest absolute Gasteiger partial charge is 0.506 e. The Labute approximate surface area is 87.2 Å². The first kappa shape index (κ1) is 9.67. The first-order chi connectivity index (χ1) is 7.18. The first-order valence-electron chi connectivity index (χ1n) is 4.64. The van der Waals surface area contributed by atoms with Crippen LogP contribution in [0.25, 0.3) is 5.69 Å². The molecule has 2 rings (SSSR count). The fraction of sp³-hybridized carbons (Fsp3) is 0.200. The molecule has 0 radical (unpaired) electrons. The molecule has 78 valence electrons. The topological polar surface area (TPSA) is 77.0 Å². The van der Waals surface area contributed by atoms with Crippen LogP contribution < -0.4 is 5.73 Å². The van der Waals surface area contributed by atoms with E-state index in [9.17, 15) is 5.11 Å². The minimum atomic E-state index is -0.211. The molecule has 1 aromatic heterocycles. The van der Waals surface area contributed by atoms with Crippen molar-refractivity contribution in [3.63, 3.8) is 0 Å². The molecule has 2 aromatic rings. The lowest BCUT2D eigenvalue weighted by molar-refractivity contribution is 0.470. The van der Waals surface area contributed by atoms with Crippen molar-refractivity contribution in [2.45, 2.75) is 13.0 Å². The summed E-state index contributed by atoms with van der Waals surface area (Å²) in [6.07, 6.45) is 1.54. The minimum Gasteiger partial charge on any atom is -0.506 e. The third-order valence-corrected chi connectivity index (χ3v) is 2.05. The summed E-state index contributed by atoms with van der Waals surface area (Å²) in [5, 5.41) is 13.8. The second kappa shape index (κ2) is 3.70. The standard InChI is InChI=1S/C10H12N4O/c1-7(11)10-12-6-14(13-10)8-4-2-3-5-9(8)15/h2-7,15H,11H2,1H3. The van der Waals surface area contributed by atoms with E-state index in [1.165, 1.54) is 11.0 Å². The van der Waals surface area contributed by atoms with Gasteiger partial charge in [-0.15, -0.1) is 5.10 Å². The number of phenolic OH excluding ortho intramolecular Hbond substituents is 1. The summed E-state index contributed by atoms with van der Waals surface area (Å²) in [7, 11) is 0. The second-order valence-electron chi connectivity index (χ2n) is 3.32. The van der Waals surface area contributed by atoms with Crippen LogP contribution in [0.2, 0.25) is 0 Å². The maximum Gasteiger partial charge on any atom is 0.167 e. The van der Waals surface area contributed by atoms with E-state index >= 15 is 0 Å². The summed E-state index contributed by atoms with van der Waals surface area (Å²) in [4.78, 5) is 4.05. The van der Waals surface area contributed by atoms with E-state index in [0.29, 0.717) is 11.5 Å². The molecule has 1 aromatic carbocycles. The highest BCUT2D eigenvalue weighted by Gasteiger charge is 2.08. The summed E-state index contributed by atoms with van der Waals surface area (Å²) >= 11 is 0. The number of nitrogens with two attached hydrogens (primary N) is 1. The van der Waals surface area contributed by atoms with E-state index in [1.54, 1.807) is 18.2 Å². The number of hydrogen-bond acceptors (Lipinski definition) is 4. The second-order valence-corrected chi connectivity index (χ2v) is 3.32. The number of phenols is 1. The van der Waals surface area contributed by atoms with Gasteiger partial charge in [0, 0.05) is 0 Å². The molecule has 0 amide bonds. The smallest absolute Gasteiger partial charge is 0.167 e. The molecule has 0 saturated carbocycles. The van der Waals surface area contributed by atoms with Gasteiger partial charge in [0.05, 0.1) is 6.04 Å². The van der Waals surface area contributed by atoms with Gasteiger partial charge < -0.3 is 10.8 Å². The highest BCUT2D eigenvalue weighted by molar-refractivity contribution is 5.44. The van der Waals surface area contributed by atoms with Gasteiger partial charge in [-0.2, -0.15) is 0 Å². The predicted octanol–water partition coefficient (Wildman–Crippen LogP) is 0.993. The monoisotopic (exact) mass is 204 g/mol. The van der Waals surface area contributed by atoms with Gasteiger partial charge in [-0.25, -0.2) is 9.67 Å². The Bertz CT molecular complexity index is 464. The van der Waals surface area contributed by atoms with Crippen molar-refractivity contribution in [2.24, 2.45) is 5.73 Å². The fourth-order valence-electron chi connectivity index (χ4n) is 1.26. The number of para-hydroxylation sites is 2. The van der Waals surface area contributed by atoms with Crippen LogP contribution in [0.1, 0.15) is 18.8 Å². The molecule has 15 heavy (non-hydrogen) atoms. The van der Waals surface area contributed by atoms with E-state index in [-0.39, 0.29) is 11.8 Å². The number of benzene rings is 1. The number of aromatic hydroxyl groups is 1. The third-order valence-electron chi connectivity index (χ3n) is 2.05. The maximum absolute atomic E-state index is 9.59. The van der Waals surface area contributed by atoms with Crippen LogP contribution >= 0.6 is 0 Å². The number of aromatic nitrogens is 3. The molecule has 0 bridgehead atoms. The van der Waals surface area contributed by atoms with Crippen molar-refractivity contribution in [1.82, 2.24) is 14.8 Å². The molecule has 0 saturated heterocycles. The van der Waals surface area contributed by atoms with E-state index in [0.717, 1.165) is 0 Å². The highest BCUT2D eigenvalue weighted by Crippen LogP contribution is 2.19. The minimum absolute atomic E-state index is 0.165. The molecule has 0 aliphatic heterocycles. The zero-order chi connectivity index (χ0) is 10.8. The van der Waals surface area contributed by atoms with Crippen molar-refractivity contribution >= 4 is 0 Å². The van der Waals surface area contributed by atoms with Crippen LogP contribution in [0.3, 0.4) is 0 Å². The van der Waals surface area contributed by atoms with E-state index in [2.05, 4.69) is 10.1 Å². The molecule has 0 spiro atoms. The molecule has 3 N–H and O–H groups in total. The Hall–Kier alpha value is -1.88. The molecule has 0 fully saturated rings. The van der Waals surface area contributed by atoms with Gasteiger partial charge in [-0.1, -0.05) is 12.1 Å². The van der Waals surface area contributed by atoms with Gasteiger partial charge in [0.2, 0.25) is 0 Å². The van der Waals surface area contributed by atoms with Crippen LogP contribution in [-0.2, 0) is 0 Å². The molecule has 0 aliphatic rings. The van der Waals surface area contributed by atoms with Gasteiger partial charge in [0.1, 0.15) is 17.8 Å². The lowest BCUT2D eigenvalue weighted by Gasteiger charge is -2.02. The molecule has 5 heteroatoms. The molecular weight excluding hydrogens is 192 g/mol. The van der Waals surface area contributed by atoms with Gasteiger partial charge in [0.25, 0.3) is 0 Å². The average molecular weight is 204 g/mol. The Morgan fingerprint density at radius 2 is 2.13 bits per heavy atom. The van der Waals surface area contributed by atoms with Crippen LogP contribution in [-0.4, -0.2) is 19.9 Å². The Kier molecular flexibility index (Phi) is 2.39. The molecule has 1 heterocycles. The van der Waals surface area contributed by atoms with E-state index in [1.807, 2.05) is 13.0 Å². The van der Waals surface area contributed by atoms with Crippen molar-refractivity contribution in [2.75, 3.05) is 0 Å². The van der Waals surface area contributed by atoms with E-state index < -0.39 is 0 Å². The Balaban J connectivity index is 2.42. The summed E-state index contributed by atoms with van der Waals surface area (Å²) in [6, 6.07) is 6.72. The first-order valence-corrected chi connectivity index (χ1v) is 4.64. The summed E-state index contributed by atoms with van der Waals surface area (Å²) in [5.74, 6) is 0.719. The van der Waals surface area contributed by atoms with Gasteiger partial charge >= 0.3 is 0 Å². The van der Waals surface area contributed by atoms with Crippen LogP contribution in [0.4, 0.5) is 0 Å². The number of hydrogen-bond donors (Lipinski definition) is 2. The maximum atomic E-state index is 9.59. The quantitative estimate of drug-likeness (QED) is 0.764. The normalized spacial score (nSPS) is 12.7. The number of rotatable bonds is 2. The van der Waals surface area contributed by atoms with Crippen molar-refractivity contribution < 1.29 is 5.11 Å². The lowest BCUT2D eigenvalue weighted by Crippen LogP contribution is -2.07. The Morgan fingerprint density at radius 1 is 1.40 bits per heavy atom. The van der Waals surface area contributed by atoms with Crippen LogP contribution in [0, 0.1) is 0 Å². The van der Waals surface area contributed by atoms with Crippen molar-refractivity contribution in [1.29, 1.82) is 0 Å². The summed E-state index contributed by atoms with van der Waals surface area (Å²) in [5.41, 5.74) is 6.24. The van der Waals surface area contributed by atoms with Crippen molar-refractivity contribution in [3.8, 4) is 11.4 Å². The fourth-order valence-corrected chi connectivity index (χ4v) is 1.26. The summed E-state index contributed by atoms with van der Waals surface area (Å²) < 4.78 is 1.51. The van der Waals surface area contributed by atoms with E-state index in [4.69, 9.17) is 5.73 Å². The SMILES string of the molecule is CC(N)c1ncn(-c2ccccc2O)n1. The van der Waals surface area contributed by atoms with Gasteiger partial charge in [0.15, 0.2) is 5.82 Å². The van der Waals surface area contributed by atoms with Gasteiger partial charge in [-0.3, -0.25) is 0 Å². The molecule has 1 atom stereocenters. The van der Waals surface area contributed by atoms with Gasteiger partial charge in [-0.05, 0) is 19.1 Å². The summed E-state index contributed by atoms with van der Waals surface area (Å²) in [6.45, 7) is 1.81. The van der Waals surface area contributed by atoms with Crippen LogP contribution in [0.15, 0.2) is 30.6 Å². The molecule has 0 aliphatic carbocycles. The average Bonchev–Trinajstić information content (AvgIpc) is 2.67. The zero-order valence-electron chi connectivity index (χ0n) is 8.33. The van der Waals surface area contributed by atoms with Crippen LogP contribution in [0.5, 0.6) is 5.75 Å². The third kappa shape index (κ3) is 1.82. The Morgan fingerprint density at radius 3 is 2.73 bits per heavy atom. The van der Waals surface area contributed by atoms with Crippen molar-refractivity contribution in [3.05, 3.63) is 36.4 Å². The molecule has 5 nitrogen and oxygen atoms in total. The zero-order valence-corrected chi connectivity index (χ0v) is 8.33. The highest BCUT2D eigenvalue weighted by atomic mass is 16.3. The predicted molar refractivity (Wildman–Crippen MR) is 55.6 cm³/mol. The lowest BCUT2D eigenvalue weighted by atomic mass is 10.3. The molecular formula is C10H12N4O. The molecule has 1 unspecified atom stereocenters.